The summed E-state index contributed by atoms with van der Waals surface area (Å²) in [4.78, 5) is 24.1. The molecule has 1 N–H and O–H groups in total. The van der Waals surface area contributed by atoms with E-state index in [0.717, 1.165) is 10.5 Å². The lowest BCUT2D eigenvalue weighted by Gasteiger charge is -2.12. The molecule has 0 unspecified atom stereocenters. The van der Waals surface area contributed by atoms with Gasteiger partial charge in [0.15, 0.2) is 11.5 Å². The molecule has 9 heteroatoms. The number of hydrogen-bond acceptors (Lipinski definition) is 8. The number of ether oxygens (including phenoxy) is 3. The van der Waals surface area contributed by atoms with Gasteiger partial charge in [-0.2, -0.15) is 0 Å². The average Bonchev–Trinajstić information content (AvgIpc) is 2.91. The highest BCUT2D eigenvalue weighted by molar-refractivity contribution is 8.04. The number of methoxy groups -OCH3 is 3. The summed E-state index contributed by atoms with van der Waals surface area (Å²) in [5.74, 6) is 0.632. The maximum atomic E-state index is 12.5. The van der Waals surface area contributed by atoms with Crippen LogP contribution >= 0.6 is 11.8 Å². The molecular weight excluding hydrogens is 384 g/mol. The first-order valence-corrected chi connectivity index (χ1v) is 9.04. The lowest BCUT2D eigenvalue weighted by molar-refractivity contribution is -0.384. The van der Waals surface area contributed by atoms with E-state index in [2.05, 4.69) is 5.32 Å². The molecule has 0 aromatic heterocycles. The first-order valence-electron chi connectivity index (χ1n) is 8.22. The van der Waals surface area contributed by atoms with Gasteiger partial charge in [-0.25, -0.2) is 4.79 Å². The van der Waals surface area contributed by atoms with Crippen molar-refractivity contribution in [2.45, 2.75) is 11.4 Å². The lowest BCUT2D eigenvalue weighted by atomic mass is 10.1. The van der Waals surface area contributed by atoms with Crippen molar-refractivity contribution in [3.05, 3.63) is 62.5 Å². The van der Waals surface area contributed by atoms with E-state index in [1.807, 2.05) is 12.1 Å². The van der Waals surface area contributed by atoms with Crippen LogP contribution in [-0.2, 0) is 16.1 Å². The SMILES string of the molecule is COC(=O)C1=C(c2ccc([N+](=O)[O-])cc2)NCc2cc(OC)c(OC)cc2S1. The monoisotopic (exact) mass is 402 g/mol. The maximum Gasteiger partial charge on any atom is 0.346 e. The summed E-state index contributed by atoms with van der Waals surface area (Å²) in [5, 5.41) is 14.2. The fraction of sp³-hybridized carbons (Fsp3) is 0.211. The maximum absolute atomic E-state index is 12.5. The van der Waals surface area contributed by atoms with E-state index in [9.17, 15) is 14.9 Å². The van der Waals surface area contributed by atoms with Crippen molar-refractivity contribution in [3.63, 3.8) is 0 Å². The third-order valence-electron chi connectivity index (χ3n) is 4.20. The number of nitro benzene ring substituents is 1. The van der Waals surface area contributed by atoms with Gasteiger partial charge in [0.2, 0.25) is 0 Å². The Labute approximate surface area is 165 Å². The minimum Gasteiger partial charge on any atom is -0.493 e. The molecule has 0 saturated heterocycles. The number of hydrogen-bond donors (Lipinski definition) is 1. The van der Waals surface area contributed by atoms with Gasteiger partial charge < -0.3 is 19.5 Å². The highest BCUT2D eigenvalue weighted by Crippen LogP contribution is 2.42. The highest BCUT2D eigenvalue weighted by atomic mass is 32.2. The van der Waals surface area contributed by atoms with Crippen LogP contribution in [0.2, 0.25) is 0 Å². The second-order valence-corrected chi connectivity index (χ2v) is 6.82. The summed E-state index contributed by atoms with van der Waals surface area (Å²) >= 11 is 1.25. The molecule has 2 aromatic carbocycles. The predicted octanol–water partition coefficient (Wildman–Crippen LogP) is 3.35. The summed E-state index contributed by atoms with van der Waals surface area (Å²) in [5.41, 5.74) is 2.08. The van der Waals surface area contributed by atoms with Gasteiger partial charge in [-0.05, 0) is 35.4 Å². The summed E-state index contributed by atoms with van der Waals surface area (Å²) in [6.07, 6.45) is 0. The van der Waals surface area contributed by atoms with E-state index in [-0.39, 0.29) is 5.69 Å². The Hall–Kier alpha value is -3.20. The van der Waals surface area contributed by atoms with Crippen molar-refractivity contribution in [3.8, 4) is 11.5 Å². The number of benzene rings is 2. The number of fused-ring (bicyclic) bond motifs is 1. The van der Waals surface area contributed by atoms with Gasteiger partial charge in [0.25, 0.3) is 5.69 Å². The highest BCUT2D eigenvalue weighted by Gasteiger charge is 2.25. The Bertz CT molecular complexity index is 956. The molecule has 0 atom stereocenters. The standard InChI is InChI=1S/C19H18N2O6S/c1-25-14-8-12-10-20-17(11-4-6-13(7-5-11)21(23)24)18(19(22)27-3)28-16(12)9-15(14)26-2/h4-9,20H,10H2,1-3H3. The third-order valence-corrected chi connectivity index (χ3v) is 5.37. The largest absolute Gasteiger partial charge is 0.493 e. The second-order valence-electron chi connectivity index (χ2n) is 5.77. The Balaban J connectivity index is 2.08. The molecule has 0 fully saturated rings. The summed E-state index contributed by atoms with van der Waals surface area (Å²) in [6, 6.07) is 9.65. The van der Waals surface area contributed by atoms with Gasteiger partial charge >= 0.3 is 5.97 Å². The summed E-state index contributed by atoms with van der Waals surface area (Å²) in [7, 11) is 4.41. The zero-order valence-electron chi connectivity index (χ0n) is 15.5. The van der Waals surface area contributed by atoms with Crippen LogP contribution < -0.4 is 14.8 Å². The van der Waals surface area contributed by atoms with Crippen molar-refractivity contribution in [2.75, 3.05) is 21.3 Å². The van der Waals surface area contributed by atoms with E-state index in [1.165, 1.54) is 31.0 Å². The van der Waals surface area contributed by atoms with Crippen LogP contribution in [0.15, 0.2) is 46.2 Å². The first kappa shape index (κ1) is 19.6. The molecule has 28 heavy (non-hydrogen) atoms. The van der Waals surface area contributed by atoms with Gasteiger partial charge in [-0.1, -0.05) is 11.8 Å². The Morgan fingerprint density at radius 2 is 1.75 bits per heavy atom. The van der Waals surface area contributed by atoms with E-state index in [1.54, 1.807) is 26.4 Å². The minimum atomic E-state index is -0.506. The molecule has 2 aromatic rings. The summed E-state index contributed by atoms with van der Waals surface area (Å²) < 4.78 is 15.7. The number of carbonyl (C=O) groups is 1. The van der Waals surface area contributed by atoms with Crippen LogP contribution in [0, 0.1) is 10.1 Å². The Morgan fingerprint density at radius 1 is 1.11 bits per heavy atom. The third kappa shape index (κ3) is 3.74. The molecule has 0 bridgehead atoms. The molecule has 1 aliphatic rings. The van der Waals surface area contributed by atoms with E-state index >= 15 is 0 Å². The van der Waals surface area contributed by atoms with E-state index < -0.39 is 10.9 Å². The van der Waals surface area contributed by atoms with Crippen LogP contribution in [-0.4, -0.2) is 32.2 Å². The number of nitrogens with zero attached hydrogens (tertiary/aromatic N) is 1. The van der Waals surface area contributed by atoms with Crippen LogP contribution in [0.3, 0.4) is 0 Å². The van der Waals surface area contributed by atoms with Gasteiger partial charge in [0, 0.05) is 23.6 Å². The molecule has 1 aliphatic heterocycles. The Kier molecular flexibility index (Phi) is 5.74. The number of esters is 1. The van der Waals surface area contributed by atoms with Gasteiger partial charge in [0.1, 0.15) is 4.91 Å². The van der Waals surface area contributed by atoms with Crippen molar-refractivity contribution >= 4 is 29.1 Å². The molecule has 8 nitrogen and oxygen atoms in total. The zero-order chi connectivity index (χ0) is 20.3. The van der Waals surface area contributed by atoms with Crippen LogP contribution in [0.5, 0.6) is 11.5 Å². The molecule has 0 spiro atoms. The van der Waals surface area contributed by atoms with E-state index in [4.69, 9.17) is 14.2 Å². The number of rotatable bonds is 5. The number of non-ortho nitro benzene ring substituents is 1. The molecule has 3 rings (SSSR count). The Morgan fingerprint density at radius 3 is 2.32 bits per heavy atom. The molecular formula is C19H18N2O6S. The predicted molar refractivity (Wildman–Crippen MR) is 104 cm³/mol. The molecule has 0 aliphatic carbocycles. The molecule has 146 valence electrons. The smallest absolute Gasteiger partial charge is 0.346 e. The number of nitrogens with one attached hydrogen (secondary N) is 1. The molecule has 0 amide bonds. The fourth-order valence-corrected chi connectivity index (χ4v) is 3.89. The van der Waals surface area contributed by atoms with Crippen LogP contribution in [0.25, 0.3) is 5.70 Å². The van der Waals surface area contributed by atoms with Crippen molar-refractivity contribution < 1.29 is 23.9 Å². The van der Waals surface area contributed by atoms with Crippen molar-refractivity contribution in [1.82, 2.24) is 5.32 Å². The summed E-state index contributed by atoms with van der Waals surface area (Å²) in [6.45, 7) is 0.426. The number of thioether (sulfide) groups is 1. The van der Waals surface area contributed by atoms with Crippen molar-refractivity contribution in [1.29, 1.82) is 0 Å². The quantitative estimate of drug-likeness (QED) is 0.462. The topological polar surface area (TPSA) is 99.9 Å². The van der Waals surface area contributed by atoms with E-state index in [0.29, 0.717) is 34.2 Å². The minimum absolute atomic E-state index is 0.0250. The van der Waals surface area contributed by atoms with Gasteiger partial charge in [-0.15, -0.1) is 0 Å². The number of nitro groups is 1. The van der Waals surface area contributed by atoms with Gasteiger partial charge in [0.05, 0.1) is 31.9 Å². The van der Waals surface area contributed by atoms with Crippen LogP contribution in [0.1, 0.15) is 11.1 Å². The normalized spacial score (nSPS) is 13.1. The lowest BCUT2D eigenvalue weighted by Crippen LogP contribution is -2.15. The van der Waals surface area contributed by atoms with Crippen molar-refractivity contribution in [2.24, 2.45) is 0 Å². The number of carbonyl (C=O) groups excluding carboxylic acids is 1. The fourth-order valence-electron chi connectivity index (χ4n) is 2.78. The zero-order valence-corrected chi connectivity index (χ0v) is 16.3. The average molecular weight is 402 g/mol. The first-order chi connectivity index (χ1) is 13.5. The molecule has 1 heterocycles. The second kappa shape index (κ2) is 8.22. The van der Waals surface area contributed by atoms with Gasteiger partial charge in [-0.3, -0.25) is 10.1 Å². The van der Waals surface area contributed by atoms with Crippen LogP contribution in [0.4, 0.5) is 5.69 Å². The molecule has 0 radical (unpaired) electrons. The molecule has 0 saturated carbocycles.